The number of methoxy groups -OCH3 is 1. The van der Waals surface area contributed by atoms with Gasteiger partial charge in [-0.1, -0.05) is 31.9 Å². The zero-order chi connectivity index (χ0) is 28.7. The lowest BCUT2D eigenvalue weighted by atomic mass is 10.0. The van der Waals surface area contributed by atoms with Crippen molar-refractivity contribution in [3.63, 3.8) is 0 Å². The maximum atomic E-state index is 14.9. The minimum atomic E-state index is -0.547. The van der Waals surface area contributed by atoms with E-state index in [-0.39, 0.29) is 42.3 Å². The predicted octanol–water partition coefficient (Wildman–Crippen LogP) is 5.26. The van der Waals surface area contributed by atoms with E-state index in [1.165, 1.54) is 26.2 Å². The van der Waals surface area contributed by atoms with Crippen LogP contribution in [0.25, 0.3) is 11.1 Å². The number of allylic oxidation sites excluding steroid dienone is 1. The average molecular weight is 529 g/mol. The van der Waals surface area contributed by atoms with E-state index in [4.69, 9.17) is 23.7 Å². The SMILES string of the molecule is C=C(C)C(=O)OCCOc1cc(F)c(-c2ccc(OC(=O)C(=C)C)cc2)cc1OCCOC.C=C(C)C=O. The van der Waals surface area contributed by atoms with Gasteiger partial charge >= 0.3 is 11.9 Å². The summed E-state index contributed by atoms with van der Waals surface area (Å²) >= 11 is 0. The zero-order valence-corrected chi connectivity index (χ0v) is 22.1. The molecule has 0 atom stereocenters. The Balaban J connectivity index is 0.00000132. The number of hydrogen-bond donors (Lipinski definition) is 0. The molecule has 2 aromatic carbocycles. The number of aldehydes is 1. The highest BCUT2D eigenvalue weighted by atomic mass is 19.1. The fraction of sp³-hybridized carbons (Fsp3) is 0.276. The van der Waals surface area contributed by atoms with Crippen LogP contribution in [0.2, 0.25) is 0 Å². The van der Waals surface area contributed by atoms with E-state index in [9.17, 15) is 18.8 Å². The van der Waals surface area contributed by atoms with Gasteiger partial charge in [-0.15, -0.1) is 0 Å². The second-order valence-electron chi connectivity index (χ2n) is 8.04. The molecule has 0 unspecified atom stereocenters. The fourth-order valence-electron chi connectivity index (χ4n) is 2.52. The molecule has 0 saturated heterocycles. The first-order valence-electron chi connectivity index (χ1n) is 11.5. The topological polar surface area (TPSA) is 97.4 Å². The van der Waals surface area contributed by atoms with Crippen LogP contribution in [-0.4, -0.2) is 51.8 Å². The van der Waals surface area contributed by atoms with Crippen molar-refractivity contribution >= 4 is 18.2 Å². The predicted molar refractivity (Wildman–Crippen MR) is 142 cm³/mol. The van der Waals surface area contributed by atoms with Crippen molar-refractivity contribution in [1.82, 2.24) is 0 Å². The lowest BCUT2D eigenvalue weighted by Gasteiger charge is -2.15. The minimum Gasteiger partial charge on any atom is -0.487 e. The van der Waals surface area contributed by atoms with Crippen LogP contribution >= 0.6 is 0 Å². The number of ether oxygens (including phenoxy) is 5. The summed E-state index contributed by atoms with van der Waals surface area (Å²) in [5, 5.41) is 0. The van der Waals surface area contributed by atoms with Crippen LogP contribution in [-0.2, 0) is 23.9 Å². The molecule has 0 aliphatic carbocycles. The van der Waals surface area contributed by atoms with E-state index in [1.807, 2.05) is 0 Å². The van der Waals surface area contributed by atoms with Crippen molar-refractivity contribution in [1.29, 1.82) is 0 Å². The molecule has 0 heterocycles. The average Bonchev–Trinajstić information content (AvgIpc) is 2.88. The summed E-state index contributed by atoms with van der Waals surface area (Å²) in [6.45, 7) is 15.6. The Labute approximate surface area is 222 Å². The van der Waals surface area contributed by atoms with Crippen LogP contribution in [0.4, 0.5) is 4.39 Å². The van der Waals surface area contributed by atoms with Crippen LogP contribution in [0.3, 0.4) is 0 Å². The third-order valence-corrected chi connectivity index (χ3v) is 4.43. The number of carbonyl (C=O) groups is 3. The van der Waals surface area contributed by atoms with Crippen LogP contribution in [0, 0.1) is 5.82 Å². The Hall–Kier alpha value is -4.24. The van der Waals surface area contributed by atoms with Crippen molar-refractivity contribution in [3.8, 4) is 28.4 Å². The maximum absolute atomic E-state index is 14.9. The number of benzene rings is 2. The molecular formula is C29H33FO8. The number of halogens is 1. The number of hydrogen-bond acceptors (Lipinski definition) is 8. The maximum Gasteiger partial charge on any atom is 0.338 e. The molecule has 204 valence electrons. The molecule has 0 amide bonds. The highest BCUT2D eigenvalue weighted by Gasteiger charge is 2.15. The lowest BCUT2D eigenvalue weighted by molar-refractivity contribution is -0.139. The van der Waals surface area contributed by atoms with E-state index < -0.39 is 17.8 Å². The third-order valence-electron chi connectivity index (χ3n) is 4.43. The van der Waals surface area contributed by atoms with Gasteiger partial charge in [-0.2, -0.15) is 0 Å². The quantitative estimate of drug-likeness (QED) is 0.114. The molecule has 8 nitrogen and oxygen atoms in total. The van der Waals surface area contributed by atoms with Crippen molar-refractivity contribution in [3.05, 3.63) is 78.7 Å². The standard InChI is InChI=1S/C25H27FO7.C4H6O/c1-16(2)24(27)32-13-12-31-23-15-21(26)20(14-22(23)30-11-10-29-5)18-6-8-19(9-7-18)33-25(28)17(3)4;1-4(2)3-5/h6-9,14-15H,1,3,10-13H2,2,4-5H3;3H,1H2,2H3. The number of esters is 2. The minimum absolute atomic E-state index is 0.00122. The highest BCUT2D eigenvalue weighted by molar-refractivity contribution is 5.89. The van der Waals surface area contributed by atoms with Crippen LogP contribution in [0.5, 0.6) is 17.2 Å². The Morgan fingerprint density at radius 2 is 1.37 bits per heavy atom. The molecule has 0 N–H and O–H groups in total. The highest BCUT2D eigenvalue weighted by Crippen LogP contribution is 2.36. The van der Waals surface area contributed by atoms with E-state index in [2.05, 4.69) is 19.7 Å². The molecule has 0 aromatic heterocycles. The third kappa shape index (κ3) is 11.2. The van der Waals surface area contributed by atoms with Gasteiger partial charge in [-0.05, 0) is 50.1 Å². The molecule has 0 spiro atoms. The van der Waals surface area contributed by atoms with Gasteiger partial charge in [0.1, 0.15) is 37.7 Å². The molecule has 2 aromatic rings. The second-order valence-corrected chi connectivity index (χ2v) is 8.04. The first-order chi connectivity index (χ1) is 18.0. The van der Waals surface area contributed by atoms with E-state index in [0.29, 0.717) is 29.2 Å². The Morgan fingerprint density at radius 3 is 1.87 bits per heavy atom. The summed E-state index contributed by atoms with van der Waals surface area (Å²) in [5.41, 5.74) is 1.93. The molecule has 2 rings (SSSR count). The molecule has 0 bridgehead atoms. The second kappa shape index (κ2) is 16.5. The summed E-state index contributed by atoms with van der Waals surface area (Å²) in [6.07, 6.45) is 0.722. The van der Waals surface area contributed by atoms with Crippen molar-refractivity contribution in [2.24, 2.45) is 0 Å². The first-order valence-corrected chi connectivity index (χ1v) is 11.5. The van der Waals surface area contributed by atoms with Crippen molar-refractivity contribution in [2.45, 2.75) is 20.8 Å². The first kappa shape index (κ1) is 31.8. The molecule has 0 radical (unpaired) electrons. The van der Waals surface area contributed by atoms with Crippen molar-refractivity contribution < 1.29 is 42.5 Å². The van der Waals surface area contributed by atoms with Crippen LogP contribution < -0.4 is 14.2 Å². The number of carbonyl (C=O) groups excluding carboxylic acids is 3. The molecule has 0 aliphatic rings. The number of rotatable bonds is 13. The zero-order valence-electron chi connectivity index (χ0n) is 22.1. The summed E-state index contributed by atoms with van der Waals surface area (Å²) < 4.78 is 41.3. The Kier molecular flexibility index (Phi) is 13.8. The molecule has 0 saturated carbocycles. The summed E-state index contributed by atoms with van der Waals surface area (Å²) in [4.78, 5) is 32.5. The van der Waals surface area contributed by atoms with E-state index in [0.717, 1.165) is 6.29 Å². The Bertz CT molecular complexity index is 1150. The van der Waals surface area contributed by atoms with Gasteiger partial charge in [-0.25, -0.2) is 14.0 Å². The van der Waals surface area contributed by atoms with Gasteiger partial charge in [0.05, 0.1) is 6.61 Å². The normalized spacial score (nSPS) is 9.82. The molecular weight excluding hydrogens is 495 g/mol. The monoisotopic (exact) mass is 528 g/mol. The summed E-state index contributed by atoms with van der Waals surface area (Å²) in [7, 11) is 1.54. The van der Waals surface area contributed by atoms with E-state index >= 15 is 0 Å². The molecule has 0 aliphatic heterocycles. The molecule has 0 fully saturated rings. The Morgan fingerprint density at radius 1 is 0.842 bits per heavy atom. The van der Waals surface area contributed by atoms with E-state index in [1.54, 1.807) is 38.1 Å². The molecule has 38 heavy (non-hydrogen) atoms. The fourth-order valence-corrected chi connectivity index (χ4v) is 2.52. The lowest BCUT2D eigenvalue weighted by Crippen LogP contribution is -2.13. The largest absolute Gasteiger partial charge is 0.487 e. The van der Waals surface area contributed by atoms with Crippen LogP contribution in [0.1, 0.15) is 20.8 Å². The van der Waals surface area contributed by atoms with Gasteiger partial charge in [0.15, 0.2) is 11.5 Å². The van der Waals surface area contributed by atoms with Gasteiger partial charge in [0, 0.05) is 29.9 Å². The smallest absolute Gasteiger partial charge is 0.338 e. The van der Waals surface area contributed by atoms with Gasteiger partial charge < -0.3 is 23.7 Å². The molecule has 9 heteroatoms. The van der Waals surface area contributed by atoms with Gasteiger partial charge in [0.2, 0.25) is 0 Å². The van der Waals surface area contributed by atoms with Gasteiger partial charge in [-0.3, -0.25) is 4.79 Å². The van der Waals surface area contributed by atoms with Crippen LogP contribution in [0.15, 0.2) is 72.9 Å². The van der Waals surface area contributed by atoms with Gasteiger partial charge in [0.25, 0.3) is 0 Å². The summed E-state index contributed by atoms with van der Waals surface area (Å²) in [6, 6.07) is 9.07. The van der Waals surface area contributed by atoms with Crippen molar-refractivity contribution in [2.75, 3.05) is 33.5 Å². The summed E-state index contributed by atoms with van der Waals surface area (Å²) in [5.74, 6) is -0.854.